The van der Waals surface area contributed by atoms with Crippen LogP contribution in [0.25, 0.3) is 11.6 Å². The zero-order valence-electron chi connectivity index (χ0n) is 12.4. The van der Waals surface area contributed by atoms with Crippen molar-refractivity contribution < 1.29 is 4.74 Å². The number of hydrogen-bond donors (Lipinski definition) is 0. The predicted molar refractivity (Wildman–Crippen MR) is 89.2 cm³/mol. The Balaban J connectivity index is 1.86. The molecule has 0 amide bonds. The van der Waals surface area contributed by atoms with Crippen molar-refractivity contribution in [2.75, 3.05) is 7.11 Å². The molecule has 0 radical (unpaired) electrons. The van der Waals surface area contributed by atoms with Gasteiger partial charge in [-0.3, -0.25) is 0 Å². The van der Waals surface area contributed by atoms with Crippen molar-refractivity contribution in [3.8, 4) is 5.75 Å². The molecule has 106 valence electrons. The third kappa shape index (κ3) is 3.25. The zero-order valence-corrected chi connectivity index (χ0v) is 12.4. The summed E-state index contributed by atoms with van der Waals surface area (Å²) < 4.78 is 5.23. The Morgan fingerprint density at radius 3 is 2.33 bits per heavy atom. The van der Waals surface area contributed by atoms with E-state index in [1.807, 2.05) is 12.1 Å². The van der Waals surface area contributed by atoms with E-state index in [9.17, 15) is 0 Å². The Hall–Kier alpha value is -2.28. The zero-order chi connectivity index (χ0) is 14.5. The van der Waals surface area contributed by atoms with Gasteiger partial charge in [-0.05, 0) is 53.7 Å². The van der Waals surface area contributed by atoms with Crippen molar-refractivity contribution in [2.24, 2.45) is 0 Å². The van der Waals surface area contributed by atoms with Gasteiger partial charge in [-0.15, -0.1) is 0 Å². The molecule has 0 aromatic heterocycles. The third-order valence-electron chi connectivity index (χ3n) is 3.98. The van der Waals surface area contributed by atoms with Crippen LogP contribution >= 0.6 is 0 Å². The van der Waals surface area contributed by atoms with E-state index in [1.165, 1.54) is 41.5 Å². The first-order valence-electron chi connectivity index (χ1n) is 7.46. The minimum Gasteiger partial charge on any atom is -0.497 e. The van der Waals surface area contributed by atoms with Crippen LogP contribution in [-0.4, -0.2) is 7.11 Å². The first-order valence-corrected chi connectivity index (χ1v) is 7.46. The molecular weight excluding hydrogens is 256 g/mol. The number of rotatable bonds is 4. The standard InChI is InChI=1S/C20H20O/c1-21-19-14-12-18(13-15-19)20-9-5-8-17(20)11-10-16-6-3-2-4-7-16/h2-4,6-7,10-15H,5,8-9H2,1H3/b11-10-. The summed E-state index contributed by atoms with van der Waals surface area (Å²) in [5.74, 6) is 0.915. The van der Waals surface area contributed by atoms with E-state index >= 15 is 0 Å². The second-order valence-electron chi connectivity index (χ2n) is 5.33. The summed E-state index contributed by atoms with van der Waals surface area (Å²) in [6, 6.07) is 18.9. The lowest BCUT2D eigenvalue weighted by Crippen LogP contribution is -1.86. The molecule has 0 bridgehead atoms. The quantitative estimate of drug-likeness (QED) is 0.731. The van der Waals surface area contributed by atoms with E-state index in [-0.39, 0.29) is 0 Å². The van der Waals surface area contributed by atoms with Crippen molar-refractivity contribution in [2.45, 2.75) is 19.3 Å². The predicted octanol–water partition coefficient (Wildman–Crippen LogP) is 5.35. The Labute approximate surface area is 126 Å². The van der Waals surface area contributed by atoms with Crippen LogP contribution in [0.4, 0.5) is 0 Å². The summed E-state index contributed by atoms with van der Waals surface area (Å²) in [7, 11) is 1.71. The van der Waals surface area contributed by atoms with Gasteiger partial charge in [0, 0.05) is 0 Å². The molecule has 3 rings (SSSR count). The Morgan fingerprint density at radius 1 is 0.857 bits per heavy atom. The van der Waals surface area contributed by atoms with E-state index in [4.69, 9.17) is 4.74 Å². The van der Waals surface area contributed by atoms with Crippen LogP contribution < -0.4 is 4.74 Å². The van der Waals surface area contributed by atoms with Crippen molar-refractivity contribution in [1.29, 1.82) is 0 Å². The van der Waals surface area contributed by atoms with E-state index in [1.54, 1.807) is 7.11 Å². The molecule has 1 aliphatic carbocycles. The molecule has 1 aliphatic rings. The van der Waals surface area contributed by atoms with Crippen LogP contribution in [0.15, 0.2) is 66.2 Å². The Kier molecular flexibility index (Phi) is 4.20. The molecule has 0 N–H and O–H groups in total. The summed E-state index contributed by atoms with van der Waals surface area (Å²) in [5, 5.41) is 0. The lowest BCUT2D eigenvalue weighted by Gasteiger charge is -2.06. The first kappa shape index (κ1) is 13.7. The largest absolute Gasteiger partial charge is 0.497 e. The molecule has 0 fully saturated rings. The number of ether oxygens (including phenoxy) is 1. The minimum absolute atomic E-state index is 0.915. The maximum atomic E-state index is 5.23. The summed E-state index contributed by atoms with van der Waals surface area (Å²) in [4.78, 5) is 0. The Morgan fingerprint density at radius 2 is 1.62 bits per heavy atom. The molecule has 1 nitrogen and oxygen atoms in total. The highest BCUT2D eigenvalue weighted by Gasteiger charge is 2.14. The number of hydrogen-bond acceptors (Lipinski definition) is 1. The van der Waals surface area contributed by atoms with Crippen LogP contribution in [0.1, 0.15) is 30.4 Å². The van der Waals surface area contributed by atoms with Gasteiger partial charge < -0.3 is 4.74 Å². The lowest BCUT2D eigenvalue weighted by molar-refractivity contribution is 0.415. The molecule has 0 atom stereocenters. The lowest BCUT2D eigenvalue weighted by atomic mass is 10.0. The van der Waals surface area contributed by atoms with E-state index in [0.717, 1.165) is 5.75 Å². The van der Waals surface area contributed by atoms with Crippen LogP contribution in [0.2, 0.25) is 0 Å². The molecule has 0 unspecified atom stereocenters. The number of allylic oxidation sites excluding steroid dienone is 3. The van der Waals surface area contributed by atoms with Crippen LogP contribution in [0, 0.1) is 0 Å². The second-order valence-corrected chi connectivity index (χ2v) is 5.33. The maximum absolute atomic E-state index is 5.23. The van der Waals surface area contributed by atoms with Crippen LogP contribution in [-0.2, 0) is 0 Å². The molecular formula is C20H20O. The number of methoxy groups -OCH3 is 1. The monoisotopic (exact) mass is 276 g/mol. The topological polar surface area (TPSA) is 9.23 Å². The fourth-order valence-electron chi connectivity index (χ4n) is 2.83. The van der Waals surface area contributed by atoms with Crippen molar-refractivity contribution in [1.82, 2.24) is 0 Å². The molecule has 0 spiro atoms. The van der Waals surface area contributed by atoms with Crippen molar-refractivity contribution in [3.63, 3.8) is 0 Å². The average Bonchev–Trinajstić information content (AvgIpc) is 3.02. The van der Waals surface area contributed by atoms with Crippen LogP contribution in [0.3, 0.4) is 0 Å². The minimum atomic E-state index is 0.915. The number of benzene rings is 2. The summed E-state index contributed by atoms with van der Waals surface area (Å²) in [6.45, 7) is 0. The molecule has 0 aliphatic heterocycles. The SMILES string of the molecule is COc1ccc(C2=C(/C=C\c3ccccc3)CCC2)cc1. The van der Waals surface area contributed by atoms with Gasteiger partial charge >= 0.3 is 0 Å². The smallest absolute Gasteiger partial charge is 0.118 e. The molecule has 2 aromatic rings. The molecule has 21 heavy (non-hydrogen) atoms. The van der Waals surface area contributed by atoms with Crippen molar-refractivity contribution in [3.05, 3.63) is 77.4 Å². The fraction of sp³-hybridized carbons (Fsp3) is 0.200. The van der Waals surface area contributed by atoms with Crippen LogP contribution in [0.5, 0.6) is 5.75 Å². The highest BCUT2D eigenvalue weighted by molar-refractivity contribution is 5.75. The van der Waals surface area contributed by atoms with Gasteiger partial charge in [0.25, 0.3) is 0 Å². The molecule has 0 saturated heterocycles. The highest BCUT2D eigenvalue weighted by Crippen LogP contribution is 2.35. The van der Waals surface area contributed by atoms with E-state index in [0.29, 0.717) is 0 Å². The third-order valence-corrected chi connectivity index (χ3v) is 3.98. The molecule has 0 saturated carbocycles. The molecule has 0 heterocycles. The van der Waals surface area contributed by atoms with Gasteiger partial charge in [-0.25, -0.2) is 0 Å². The maximum Gasteiger partial charge on any atom is 0.118 e. The average molecular weight is 276 g/mol. The normalized spacial score (nSPS) is 14.9. The van der Waals surface area contributed by atoms with Gasteiger partial charge in [-0.2, -0.15) is 0 Å². The van der Waals surface area contributed by atoms with Gasteiger partial charge in [0.2, 0.25) is 0 Å². The highest BCUT2D eigenvalue weighted by atomic mass is 16.5. The van der Waals surface area contributed by atoms with E-state index < -0.39 is 0 Å². The molecule has 2 aromatic carbocycles. The summed E-state index contributed by atoms with van der Waals surface area (Å²) in [6.07, 6.45) is 8.08. The van der Waals surface area contributed by atoms with Gasteiger partial charge in [-0.1, -0.05) is 54.6 Å². The second kappa shape index (κ2) is 6.45. The van der Waals surface area contributed by atoms with Crippen molar-refractivity contribution >= 4 is 11.6 Å². The summed E-state index contributed by atoms with van der Waals surface area (Å²) in [5.41, 5.74) is 5.51. The first-order chi connectivity index (χ1) is 10.4. The molecule has 1 heteroatoms. The summed E-state index contributed by atoms with van der Waals surface area (Å²) >= 11 is 0. The van der Waals surface area contributed by atoms with E-state index in [2.05, 4.69) is 54.6 Å². The van der Waals surface area contributed by atoms with Gasteiger partial charge in [0.1, 0.15) is 5.75 Å². The van der Waals surface area contributed by atoms with Gasteiger partial charge in [0.15, 0.2) is 0 Å². The Bertz CT molecular complexity index is 648. The fourth-order valence-corrected chi connectivity index (χ4v) is 2.83. The van der Waals surface area contributed by atoms with Gasteiger partial charge in [0.05, 0.1) is 7.11 Å².